The van der Waals surface area contributed by atoms with E-state index in [1.807, 2.05) is 0 Å². The molecule has 0 amide bonds. The van der Waals surface area contributed by atoms with E-state index < -0.39 is 0 Å². The molecule has 1 nitrogen and oxygen atoms in total. The summed E-state index contributed by atoms with van der Waals surface area (Å²) in [7, 11) is 0. The maximum Gasteiger partial charge on any atom is 0.0893 e. The highest BCUT2D eigenvalue weighted by Crippen LogP contribution is 2.48. The highest BCUT2D eigenvalue weighted by molar-refractivity contribution is 5.34. The maximum atomic E-state index is 5.73. The van der Waals surface area contributed by atoms with E-state index >= 15 is 0 Å². The molecule has 0 aromatic rings. The Morgan fingerprint density at radius 2 is 2.18 bits per heavy atom. The Bertz CT molecular complexity index is 275. The summed E-state index contributed by atoms with van der Waals surface area (Å²) in [5.74, 6) is 0. The lowest BCUT2D eigenvalue weighted by molar-refractivity contribution is 0.0741. The zero-order valence-corrected chi connectivity index (χ0v) is 6.23. The predicted octanol–water partition coefficient (Wildman–Crippen LogP) is 1.83. The quantitative estimate of drug-likeness (QED) is 0.474. The van der Waals surface area contributed by atoms with Crippen LogP contribution >= 0.6 is 0 Å². The molecule has 3 unspecified atom stereocenters. The van der Waals surface area contributed by atoms with Crippen molar-refractivity contribution in [3.8, 4) is 0 Å². The molecular formula is C10H10O. The lowest BCUT2D eigenvalue weighted by Crippen LogP contribution is -2.27. The fraction of sp³-hybridized carbons (Fsp3) is 0.400. The van der Waals surface area contributed by atoms with Crippen molar-refractivity contribution in [2.24, 2.45) is 5.41 Å². The van der Waals surface area contributed by atoms with E-state index in [1.165, 1.54) is 0 Å². The molecule has 3 atom stereocenters. The molecule has 0 aromatic heterocycles. The van der Waals surface area contributed by atoms with Crippen molar-refractivity contribution in [1.82, 2.24) is 0 Å². The average Bonchev–Trinajstić information content (AvgIpc) is 2.57. The third-order valence-electron chi connectivity index (χ3n) is 2.83. The maximum absolute atomic E-state index is 5.73. The van der Waals surface area contributed by atoms with Crippen LogP contribution in [-0.2, 0) is 4.74 Å². The number of hydrogen-bond donors (Lipinski definition) is 0. The van der Waals surface area contributed by atoms with Gasteiger partial charge in [-0.25, -0.2) is 0 Å². The summed E-state index contributed by atoms with van der Waals surface area (Å²) in [5.41, 5.74) is 0.236. The van der Waals surface area contributed by atoms with E-state index in [1.54, 1.807) is 0 Å². The minimum Gasteiger partial charge on any atom is -0.366 e. The SMILES string of the molecule is C1=CC2OC3C=CC2(C=C1)C3. The smallest absolute Gasteiger partial charge is 0.0893 e. The first-order valence-electron chi connectivity index (χ1n) is 4.10. The van der Waals surface area contributed by atoms with Gasteiger partial charge in [0.05, 0.1) is 12.2 Å². The van der Waals surface area contributed by atoms with E-state index in [-0.39, 0.29) is 5.41 Å². The zero-order chi connectivity index (χ0) is 7.31. The molecule has 56 valence electrons. The topological polar surface area (TPSA) is 9.23 Å². The second-order valence-corrected chi connectivity index (χ2v) is 3.51. The van der Waals surface area contributed by atoms with Crippen LogP contribution in [0.1, 0.15) is 6.42 Å². The summed E-state index contributed by atoms with van der Waals surface area (Å²) >= 11 is 0. The fourth-order valence-electron chi connectivity index (χ4n) is 2.23. The van der Waals surface area contributed by atoms with Gasteiger partial charge in [0.15, 0.2) is 0 Å². The minimum absolute atomic E-state index is 0.236. The van der Waals surface area contributed by atoms with Crippen molar-refractivity contribution in [2.75, 3.05) is 0 Å². The van der Waals surface area contributed by atoms with Crippen LogP contribution in [0, 0.1) is 5.41 Å². The van der Waals surface area contributed by atoms with Gasteiger partial charge in [0, 0.05) is 5.41 Å². The van der Waals surface area contributed by atoms with Crippen LogP contribution in [0.3, 0.4) is 0 Å². The van der Waals surface area contributed by atoms with Crippen LogP contribution in [0.25, 0.3) is 0 Å². The van der Waals surface area contributed by atoms with Gasteiger partial charge in [-0.15, -0.1) is 0 Å². The van der Waals surface area contributed by atoms with Crippen molar-refractivity contribution in [3.05, 3.63) is 36.5 Å². The summed E-state index contributed by atoms with van der Waals surface area (Å²) in [5, 5.41) is 0. The van der Waals surface area contributed by atoms with E-state index in [0.717, 1.165) is 6.42 Å². The Hall–Kier alpha value is -0.820. The second kappa shape index (κ2) is 1.67. The normalized spacial score (nSPS) is 50.2. The Labute approximate surface area is 66.1 Å². The first kappa shape index (κ1) is 5.78. The highest BCUT2D eigenvalue weighted by atomic mass is 16.5. The van der Waals surface area contributed by atoms with E-state index in [4.69, 9.17) is 4.74 Å². The molecule has 3 rings (SSSR count). The van der Waals surface area contributed by atoms with E-state index in [2.05, 4.69) is 36.5 Å². The summed E-state index contributed by atoms with van der Waals surface area (Å²) < 4.78 is 5.73. The molecule has 2 aliphatic carbocycles. The Balaban J connectivity index is 2.13. The monoisotopic (exact) mass is 146 g/mol. The third kappa shape index (κ3) is 0.596. The fourth-order valence-corrected chi connectivity index (χ4v) is 2.23. The molecule has 1 saturated heterocycles. The van der Waals surface area contributed by atoms with E-state index in [0.29, 0.717) is 12.2 Å². The van der Waals surface area contributed by atoms with E-state index in [9.17, 15) is 0 Å². The zero-order valence-electron chi connectivity index (χ0n) is 6.23. The lowest BCUT2D eigenvalue weighted by Gasteiger charge is -2.27. The third-order valence-corrected chi connectivity index (χ3v) is 2.83. The molecular weight excluding hydrogens is 136 g/mol. The summed E-state index contributed by atoms with van der Waals surface area (Å²) in [6, 6.07) is 0. The van der Waals surface area contributed by atoms with Gasteiger partial charge in [0.1, 0.15) is 0 Å². The number of fused-ring (bicyclic) bond motifs is 1. The van der Waals surface area contributed by atoms with Gasteiger partial charge in [-0.05, 0) is 6.42 Å². The van der Waals surface area contributed by atoms with Crippen LogP contribution in [0.4, 0.5) is 0 Å². The summed E-state index contributed by atoms with van der Waals surface area (Å²) in [4.78, 5) is 0. The summed E-state index contributed by atoms with van der Waals surface area (Å²) in [6.45, 7) is 0. The molecule has 0 saturated carbocycles. The number of ether oxygens (including phenoxy) is 1. The molecule has 1 heterocycles. The van der Waals surface area contributed by atoms with Gasteiger partial charge in [-0.3, -0.25) is 0 Å². The molecule has 0 aromatic carbocycles. The Kier molecular flexibility index (Phi) is 0.878. The minimum atomic E-state index is 0.236. The number of allylic oxidation sites excluding steroid dienone is 2. The van der Waals surface area contributed by atoms with Crippen LogP contribution in [-0.4, -0.2) is 12.2 Å². The molecule has 0 radical (unpaired) electrons. The van der Waals surface area contributed by atoms with Crippen LogP contribution in [0.15, 0.2) is 36.5 Å². The molecule has 1 heteroatoms. The first-order valence-corrected chi connectivity index (χ1v) is 4.10. The highest BCUT2D eigenvalue weighted by Gasteiger charge is 2.47. The van der Waals surface area contributed by atoms with Gasteiger partial charge < -0.3 is 4.74 Å². The molecule has 3 aliphatic rings. The van der Waals surface area contributed by atoms with Crippen molar-refractivity contribution >= 4 is 0 Å². The van der Waals surface area contributed by atoms with Crippen molar-refractivity contribution < 1.29 is 4.74 Å². The Morgan fingerprint density at radius 3 is 3.00 bits per heavy atom. The van der Waals surface area contributed by atoms with Gasteiger partial charge >= 0.3 is 0 Å². The molecule has 11 heavy (non-hydrogen) atoms. The second-order valence-electron chi connectivity index (χ2n) is 3.51. The molecule has 1 aliphatic heterocycles. The molecule has 1 spiro atoms. The van der Waals surface area contributed by atoms with Gasteiger partial charge in [0.25, 0.3) is 0 Å². The predicted molar refractivity (Wildman–Crippen MR) is 43.1 cm³/mol. The van der Waals surface area contributed by atoms with Gasteiger partial charge in [0.2, 0.25) is 0 Å². The first-order chi connectivity index (χ1) is 5.39. The van der Waals surface area contributed by atoms with Gasteiger partial charge in [-0.2, -0.15) is 0 Å². The van der Waals surface area contributed by atoms with Crippen molar-refractivity contribution in [3.63, 3.8) is 0 Å². The van der Waals surface area contributed by atoms with Crippen LogP contribution in [0.5, 0.6) is 0 Å². The van der Waals surface area contributed by atoms with Crippen LogP contribution in [0.2, 0.25) is 0 Å². The standard InChI is InChI=1S/C10H10O/c1-2-5-10-6-4-8(7-10)11-9(10)3-1/h1-6,8-9H,7H2. The molecule has 1 fully saturated rings. The largest absolute Gasteiger partial charge is 0.366 e. The average molecular weight is 146 g/mol. The van der Waals surface area contributed by atoms with Crippen molar-refractivity contribution in [1.29, 1.82) is 0 Å². The lowest BCUT2D eigenvalue weighted by atomic mass is 9.80. The van der Waals surface area contributed by atoms with Gasteiger partial charge in [-0.1, -0.05) is 36.5 Å². The van der Waals surface area contributed by atoms with Crippen molar-refractivity contribution in [2.45, 2.75) is 18.6 Å². The summed E-state index contributed by atoms with van der Waals surface area (Å²) in [6.07, 6.45) is 15.0. The molecule has 0 N–H and O–H groups in total. The number of rotatable bonds is 0. The molecule has 2 bridgehead atoms. The number of hydrogen-bond acceptors (Lipinski definition) is 1. The Morgan fingerprint density at radius 1 is 1.18 bits per heavy atom. The van der Waals surface area contributed by atoms with Crippen LogP contribution < -0.4 is 0 Å².